The molecule has 1 spiro atoms. The number of urea groups is 1. The molecule has 10 nitrogen and oxygen atoms in total. The molecule has 30 heavy (non-hydrogen) atoms. The molecule has 0 aromatic carbocycles. The Morgan fingerprint density at radius 1 is 1.23 bits per heavy atom. The summed E-state index contributed by atoms with van der Waals surface area (Å²) in [6, 6.07) is -1.24. The third-order valence-corrected chi connectivity index (χ3v) is 6.34. The second-order valence-corrected chi connectivity index (χ2v) is 8.54. The third kappa shape index (κ3) is 3.90. The van der Waals surface area contributed by atoms with Crippen molar-refractivity contribution in [3.63, 3.8) is 0 Å². The molecule has 162 valence electrons. The number of carbonyl (C=O) groups excluding carboxylic acids is 4. The van der Waals surface area contributed by atoms with Crippen molar-refractivity contribution in [1.29, 1.82) is 0 Å². The number of aromatic nitrogens is 2. The van der Waals surface area contributed by atoms with Gasteiger partial charge in [0.15, 0.2) is 0 Å². The van der Waals surface area contributed by atoms with Crippen LogP contribution in [0.15, 0.2) is 12.4 Å². The molecule has 1 saturated heterocycles. The summed E-state index contributed by atoms with van der Waals surface area (Å²) in [4.78, 5) is 51.0. The van der Waals surface area contributed by atoms with E-state index < -0.39 is 23.5 Å². The van der Waals surface area contributed by atoms with Crippen LogP contribution in [0.1, 0.15) is 58.3 Å². The van der Waals surface area contributed by atoms with Gasteiger partial charge in [-0.05, 0) is 32.6 Å². The van der Waals surface area contributed by atoms with Crippen LogP contribution in [0.5, 0.6) is 0 Å². The number of amides is 5. The summed E-state index contributed by atoms with van der Waals surface area (Å²) < 4.78 is 1.45. The molecule has 4 rings (SSSR count). The predicted octanol–water partition coefficient (Wildman–Crippen LogP) is 1.13. The van der Waals surface area contributed by atoms with Crippen molar-refractivity contribution in [3.05, 3.63) is 12.4 Å². The molecule has 0 bridgehead atoms. The highest BCUT2D eigenvalue weighted by atomic mass is 16.2. The molecule has 3 aliphatic rings. The quantitative estimate of drug-likeness (QED) is 0.600. The van der Waals surface area contributed by atoms with Crippen LogP contribution in [0.25, 0.3) is 0 Å². The van der Waals surface area contributed by atoms with Gasteiger partial charge in [-0.2, -0.15) is 5.10 Å². The molecule has 3 fully saturated rings. The van der Waals surface area contributed by atoms with Crippen LogP contribution in [0.4, 0.5) is 10.5 Å². The number of anilines is 1. The fourth-order valence-corrected chi connectivity index (χ4v) is 4.68. The van der Waals surface area contributed by atoms with E-state index in [2.05, 4.69) is 21.0 Å². The molecule has 1 aromatic heterocycles. The van der Waals surface area contributed by atoms with E-state index in [0.29, 0.717) is 18.5 Å². The number of carbonyl (C=O) groups is 4. The zero-order valence-corrected chi connectivity index (χ0v) is 17.1. The highest BCUT2D eigenvalue weighted by Gasteiger charge is 2.54. The maximum atomic E-state index is 12.8. The van der Waals surface area contributed by atoms with Crippen LogP contribution >= 0.6 is 0 Å². The van der Waals surface area contributed by atoms with Gasteiger partial charge in [0.05, 0.1) is 11.9 Å². The van der Waals surface area contributed by atoms with E-state index in [1.54, 1.807) is 6.20 Å². The van der Waals surface area contributed by atoms with Gasteiger partial charge < -0.3 is 16.0 Å². The molecule has 2 heterocycles. The van der Waals surface area contributed by atoms with Crippen molar-refractivity contribution < 1.29 is 19.2 Å². The van der Waals surface area contributed by atoms with Crippen LogP contribution in [0.2, 0.25) is 0 Å². The van der Waals surface area contributed by atoms with E-state index in [1.807, 2.05) is 0 Å². The van der Waals surface area contributed by atoms with E-state index in [1.165, 1.54) is 17.8 Å². The first-order valence-corrected chi connectivity index (χ1v) is 10.7. The first kappa shape index (κ1) is 20.4. The van der Waals surface area contributed by atoms with Crippen LogP contribution in [-0.4, -0.2) is 56.1 Å². The minimum atomic E-state index is -0.952. The number of imide groups is 1. The van der Waals surface area contributed by atoms with E-state index in [4.69, 9.17) is 0 Å². The Kier molecular flexibility index (Phi) is 5.48. The van der Waals surface area contributed by atoms with Crippen molar-refractivity contribution >= 4 is 29.4 Å². The van der Waals surface area contributed by atoms with Gasteiger partial charge in [-0.15, -0.1) is 0 Å². The molecule has 0 radical (unpaired) electrons. The summed E-state index contributed by atoms with van der Waals surface area (Å²) in [6.45, 7) is 1.59. The van der Waals surface area contributed by atoms with Gasteiger partial charge in [-0.25, -0.2) is 9.69 Å². The molecule has 5 amide bonds. The van der Waals surface area contributed by atoms with Crippen molar-refractivity contribution in [1.82, 2.24) is 25.3 Å². The average molecular weight is 416 g/mol. The largest absolute Gasteiger partial charge is 0.352 e. The molecule has 1 atom stereocenters. The molecule has 3 N–H and O–H groups in total. The predicted molar refractivity (Wildman–Crippen MR) is 107 cm³/mol. The Hall–Kier alpha value is -2.91. The highest BCUT2D eigenvalue weighted by Crippen LogP contribution is 2.35. The fourth-order valence-electron chi connectivity index (χ4n) is 4.68. The second kappa shape index (κ2) is 8.08. The van der Waals surface area contributed by atoms with Crippen molar-refractivity contribution in [2.45, 2.75) is 82.5 Å². The molecule has 2 saturated carbocycles. The summed E-state index contributed by atoms with van der Waals surface area (Å²) in [5.74, 6) is -0.923. The van der Waals surface area contributed by atoms with Gasteiger partial charge in [0, 0.05) is 12.2 Å². The zero-order chi connectivity index (χ0) is 21.3. The molecule has 1 aliphatic heterocycles. The SMILES string of the molecule is CC(C(=O)Nc1cnn(CC(=O)NC2CCCC2)c1)N1C(=O)NC2(CCCC2)C1=O. The molecular formula is C20H28N6O4. The van der Waals surface area contributed by atoms with Crippen LogP contribution in [-0.2, 0) is 20.9 Å². The summed E-state index contributed by atoms with van der Waals surface area (Å²) in [7, 11) is 0. The van der Waals surface area contributed by atoms with Gasteiger partial charge in [-0.1, -0.05) is 25.7 Å². The molecular weight excluding hydrogens is 388 g/mol. The van der Waals surface area contributed by atoms with Crippen molar-refractivity contribution in [2.24, 2.45) is 0 Å². The summed E-state index contributed by atoms with van der Waals surface area (Å²) in [5.41, 5.74) is -0.438. The number of hydrogen-bond donors (Lipinski definition) is 3. The Labute approximate surface area is 174 Å². The maximum Gasteiger partial charge on any atom is 0.325 e. The van der Waals surface area contributed by atoms with Crippen LogP contribution in [0, 0.1) is 0 Å². The standard InChI is InChI=1S/C20H28N6O4/c1-13(26-18(29)20(24-19(26)30)8-4-5-9-20)17(28)23-15-10-21-25(11-15)12-16(27)22-14-6-2-3-7-14/h10-11,13-14H,2-9,12H2,1H3,(H,22,27)(H,23,28)(H,24,30). The van der Waals surface area contributed by atoms with Gasteiger partial charge in [0.2, 0.25) is 11.8 Å². The molecule has 10 heteroatoms. The normalized spacial score (nSPS) is 21.8. The first-order valence-electron chi connectivity index (χ1n) is 10.7. The topological polar surface area (TPSA) is 125 Å². The lowest BCUT2D eigenvalue weighted by molar-refractivity contribution is -0.136. The average Bonchev–Trinajstić information content (AvgIpc) is 3.47. The van der Waals surface area contributed by atoms with Gasteiger partial charge in [0.25, 0.3) is 5.91 Å². The zero-order valence-electron chi connectivity index (χ0n) is 17.1. The Morgan fingerprint density at radius 2 is 1.93 bits per heavy atom. The molecule has 1 aromatic rings. The maximum absolute atomic E-state index is 12.8. The Morgan fingerprint density at radius 3 is 2.63 bits per heavy atom. The van der Waals surface area contributed by atoms with Gasteiger partial charge in [-0.3, -0.25) is 19.1 Å². The minimum Gasteiger partial charge on any atom is -0.352 e. The summed E-state index contributed by atoms with van der Waals surface area (Å²) in [5, 5.41) is 12.6. The minimum absolute atomic E-state index is 0.0669. The number of rotatable bonds is 6. The number of nitrogens with one attached hydrogen (secondary N) is 3. The lowest BCUT2D eigenvalue weighted by Gasteiger charge is -2.23. The second-order valence-electron chi connectivity index (χ2n) is 8.54. The van der Waals surface area contributed by atoms with E-state index in [9.17, 15) is 19.2 Å². The lowest BCUT2D eigenvalue weighted by atomic mass is 9.97. The van der Waals surface area contributed by atoms with E-state index in [-0.39, 0.29) is 24.4 Å². The molecule has 2 aliphatic carbocycles. The Balaban J connectivity index is 1.33. The monoisotopic (exact) mass is 416 g/mol. The van der Waals surface area contributed by atoms with Crippen LogP contribution < -0.4 is 16.0 Å². The Bertz CT molecular complexity index is 853. The van der Waals surface area contributed by atoms with Crippen molar-refractivity contribution in [3.8, 4) is 0 Å². The smallest absolute Gasteiger partial charge is 0.325 e. The number of hydrogen-bond acceptors (Lipinski definition) is 5. The third-order valence-electron chi connectivity index (χ3n) is 6.34. The summed E-state index contributed by atoms with van der Waals surface area (Å²) >= 11 is 0. The van der Waals surface area contributed by atoms with Crippen molar-refractivity contribution in [2.75, 3.05) is 5.32 Å². The number of nitrogens with zero attached hydrogens (tertiary/aromatic N) is 3. The van der Waals surface area contributed by atoms with Gasteiger partial charge in [0.1, 0.15) is 18.1 Å². The summed E-state index contributed by atoms with van der Waals surface area (Å²) in [6.07, 6.45) is 10.3. The van der Waals surface area contributed by atoms with Crippen LogP contribution in [0.3, 0.4) is 0 Å². The molecule has 1 unspecified atom stereocenters. The highest BCUT2D eigenvalue weighted by molar-refractivity contribution is 6.11. The first-order chi connectivity index (χ1) is 14.4. The van der Waals surface area contributed by atoms with Gasteiger partial charge >= 0.3 is 6.03 Å². The van der Waals surface area contributed by atoms with E-state index >= 15 is 0 Å². The van der Waals surface area contributed by atoms with E-state index in [0.717, 1.165) is 43.4 Å². The lowest BCUT2D eigenvalue weighted by Crippen LogP contribution is -2.48. The fraction of sp³-hybridized carbons (Fsp3) is 0.650.